The van der Waals surface area contributed by atoms with Gasteiger partial charge in [-0.25, -0.2) is 9.59 Å². The van der Waals surface area contributed by atoms with E-state index in [0.717, 1.165) is 0 Å². The Hall–Kier alpha value is -1.26. The molecule has 5 nitrogen and oxygen atoms in total. The zero-order valence-electron chi connectivity index (χ0n) is 7.78. The van der Waals surface area contributed by atoms with E-state index in [1.165, 1.54) is 4.90 Å². The van der Waals surface area contributed by atoms with Crippen LogP contribution in [0.15, 0.2) is 0 Å². The van der Waals surface area contributed by atoms with Gasteiger partial charge in [0.25, 0.3) is 0 Å². The lowest BCUT2D eigenvalue weighted by Crippen LogP contribution is -2.34. The number of carbonyl (C=O) groups is 2. The van der Waals surface area contributed by atoms with E-state index in [0.29, 0.717) is 12.5 Å². The SMILES string of the molecule is CC(C)CN1CC(C(=O)O)NC1=O. The molecule has 13 heavy (non-hydrogen) atoms. The van der Waals surface area contributed by atoms with Crippen LogP contribution in [-0.4, -0.2) is 41.1 Å². The Labute approximate surface area is 76.7 Å². The van der Waals surface area contributed by atoms with Crippen molar-refractivity contribution in [2.24, 2.45) is 5.92 Å². The van der Waals surface area contributed by atoms with E-state index in [1.54, 1.807) is 0 Å². The Morgan fingerprint density at radius 1 is 1.77 bits per heavy atom. The minimum Gasteiger partial charge on any atom is -0.480 e. The molecule has 74 valence electrons. The molecular weight excluding hydrogens is 172 g/mol. The number of urea groups is 1. The third-order valence-electron chi connectivity index (χ3n) is 1.87. The van der Waals surface area contributed by atoms with Gasteiger partial charge in [-0.1, -0.05) is 13.8 Å². The molecule has 1 unspecified atom stereocenters. The number of rotatable bonds is 3. The summed E-state index contributed by atoms with van der Waals surface area (Å²) in [5.41, 5.74) is 0. The van der Waals surface area contributed by atoms with Gasteiger partial charge in [0.2, 0.25) is 0 Å². The molecule has 1 atom stereocenters. The fourth-order valence-corrected chi connectivity index (χ4v) is 1.33. The van der Waals surface area contributed by atoms with Gasteiger partial charge in [0.15, 0.2) is 0 Å². The highest BCUT2D eigenvalue weighted by Crippen LogP contribution is 2.07. The number of amides is 2. The van der Waals surface area contributed by atoms with Crippen LogP contribution in [0.4, 0.5) is 4.79 Å². The summed E-state index contributed by atoms with van der Waals surface area (Å²) in [4.78, 5) is 23.2. The largest absolute Gasteiger partial charge is 0.480 e. The van der Waals surface area contributed by atoms with Gasteiger partial charge in [-0.2, -0.15) is 0 Å². The van der Waals surface area contributed by atoms with Crippen molar-refractivity contribution in [3.05, 3.63) is 0 Å². The van der Waals surface area contributed by atoms with E-state index in [9.17, 15) is 9.59 Å². The predicted molar refractivity (Wildman–Crippen MR) is 46.4 cm³/mol. The van der Waals surface area contributed by atoms with Gasteiger partial charge in [-0.3, -0.25) is 0 Å². The van der Waals surface area contributed by atoms with Crippen molar-refractivity contribution in [1.29, 1.82) is 0 Å². The summed E-state index contributed by atoms with van der Waals surface area (Å²) in [6.45, 7) is 4.85. The Kier molecular flexibility index (Phi) is 2.75. The van der Waals surface area contributed by atoms with Gasteiger partial charge in [0, 0.05) is 6.54 Å². The highest BCUT2D eigenvalue weighted by Gasteiger charge is 2.33. The van der Waals surface area contributed by atoms with Crippen LogP contribution in [0, 0.1) is 5.92 Å². The zero-order chi connectivity index (χ0) is 10.0. The van der Waals surface area contributed by atoms with Crippen LogP contribution in [0.2, 0.25) is 0 Å². The monoisotopic (exact) mass is 186 g/mol. The normalized spacial score (nSPS) is 22.2. The predicted octanol–water partition coefficient (Wildman–Crippen LogP) is 0.121. The van der Waals surface area contributed by atoms with Crippen molar-refractivity contribution in [2.75, 3.05) is 13.1 Å². The minimum absolute atomic E-state index is 0.270. The number of hydrogen-bond acceptors (Lipinski definition) is 2. The van der Waals surface area contributed by atoms with Crippen LogP contribution < -0.4 is 5.32 Å². The fraction of sp³-hybridized carbons (Fsp3) is 0.750. The topological polar surface area (TPSA) is 69.6 Å². The summed E-state index contributed by atoms with van der Waals surface area (Å²) in [7, 11) is 0. The minimum atomic E-state index is -0.973. The number of carbonyl (C=O) groups excluding carboxylic acids is 1. The highest BCUT2D eigenvalue weighted by molar-refractivity contribution is 5.86. The molecule has 5 heteroatoms. The van der Waals surface area contributed by atoms with Crippen molar-refractivity contribution >= 4 is 12.0 Å². The molecule has 0 saturated carbocycles. The molecule has 2 amide bonds. The molecule has 0 aromatic carbocycles. The number of carboxylic acids is 1. The first-order valence-electron chi connectivity index (χ1n) is 4.29. The Balaban J connectivity index is 2.51. The lowest BCUT2D eigenvalue weighted by atomic mass is 10.2. The van der Waals surface area contributed by atoms with Gasteiger partial charge < -0.3 is 15.3 Å². The van der Waals surface area contributed by atoms with Crippen molar-refractivity contribution < 1.29 is 14.7 Å². The van der Waals surface area contributed by atoms with Gasteiger partial charge >= 0.3 is 12.0 Å². The third-order valence-corrected chi connectivity index (χ3v) is 1.87. The maximum atomic E-state index is 11.2. The highest BCUT2D eigenvalue weighted by atomic mass is 16.4. The molecule has 0 bridgehead atoms. The number of aliphatic carboxylic acids is 1. The summed E-state index contributed by atoms with van der Waals surface area (Å²) in [6, 6.07) is -1.02. The van der Waals surface area contributed by atoms with Gasteiger partial charge in [-0.15, -0.1) is 0 Å². The van der Waals surface area contributed by atoms with Crippen LogP contribution >= 0.6 is 0 Å². The molecule has 0 spiro atoms. The van der Waals surface area contributed by atoms with E-state index in [1.807, 2.05) is 13.8 Å². The molecule has 1 fully saturated rings. The van der Waals surface area contributed by atoms with Gasteiger partial charge in [0.05, 0.1) is 6.54 Å². The number of hydrogen-bond donors (Lipinski definition) is 2. The van der Waals surface area contributed by atoms with Gasteiger partial charge in [-0.05, 0) is 5.92 Å². The summed E-state index contributed by atoms with van der Waals surface area (Å²) < 4.78 is 0. The number of carboxylic acid groups (broad SMARTS) is 1. The average molecular weight is 186 g/mol. The quantitative estimate of drug-likeness (QED) is 0.657. The van der Waals surface area contributed by atoms with Crippen LogP contribution in [0.1, 0.15) is 13.8 Å². The van der Waals surface area contributed by atoms with Gasteiger partial charge in [0.1, 0.15) is 6.04 Å². The van der Waals surface area contributed by atoms with Crippen molar-refractivity contribution in [2.45, 2.75) is 19.9 Å². The van der Waals surface area contributed by atoms with E-state index in [4.69, 9.17) is 5.11 Å². The second-order valence-electron chi connectivity index (χ2n) is 3.64. The van der Waals surface area contributed by atoms with Crippen LogP contribution in [0.25, 0.3) is 0 Å². The van der Waals surface area contributed by atoms with E-state index < -0.39 is 12.0 Å². The molecule has 1 aliphatic rings. The molecular formula is C8H14N2O3. The standard InChI is InChI=1S/C8H14N2O3/c1-5(2)3-10-4-6(7(11)12)9-8(10)13/h5-6H,3-4H2,1-2H3,(H,9,13)(H,11,12). The van der Waals surface area contributed by atoms with E-state index >= 15 is 0 Å². The van der Waals surface area contributed by atoms with Crippen LogP contribution in [0.5, 0.6) is 0 Å². The average Bonchev–Trinajstić information content (AvgIpc) is 2.31. The molecule has 1 rings (SSSR count). The first-order chi connectivity index (χ1) is 6.00. The number of nitrogens with one attached hydrogen (secondary N) is 1. The Morgan fingerprint density at radius 3 is 2.77 bits per heavy atom. The second-order valence-corrected chi connectivity index (χ2v) is 3.64. The van der Waals surface area contributed by atoms with Crippen molar-refractivity contribution in [3.8, 4) is 0 Å². The first kappa shape index (κ1) is 9.83. The Morgan fingerprint density at radius 2 is 2.38 bits per heavy atom. The zero-order valence-corrected chi connectivity index (χ0v) is 7.78. The molecule has 0 aromatic heterocycles. The van der Waals surface area contributed by atoms with Crippen molar-refractivity contribution in [3.63, 3.8) is 0 Å². The van der Waals surface area contributed by atoms with Crippen molar-refractivity contribution in [1.82, 2.24) is 10.2 Å². The molecule has 2 N–H and O–H groups in total. The first-order valence-corrected chi connectivity index (χ1v) is 4.29. The smallest absolute Gasteiger partial charge is 0.328 e. The van der Waals surface area contributed by atoms with E-state index in [2.05, 4.69) is 5.32 Å². The second kappa shape index (κ2) is 3.64. The summed E-state index contributed by atoms with van der Waals surface area (Å²) >= 11 is 0. The van der Waals surface area contributed by atoms with Crippen LogP contribution in [-0.2, 0) is 4.79 Å². The molecule has 0 aliphatic carbocycles. The molecule has 1 aliphatic heterocycles. The Bertz CT molecular complexity index is 227. The van der Waals surface area contributed by atoms with Crippen LogP contribution in [0.3, 0.4) is 0 Å². The fourth-order valence-electron chi connectivity index (χ4n) is 1.33. The molecule has 1 saturated heterocycles. The lowest BCUT2D eigenvalue weighted by Gasteiger charge is -2.16. The summed E-state index contributed by atoms with van der Waals surface area (Å²) in [6.07, 6.45) is 0. The molecule has 0 aromatic rings. The molecule has 1 heterocycles. The maximum absolute atomic E-state index is 11.2. The summed E-state index contributed by atoms with van der Waals surface area (Å²) in [5.74, 6) is -0.613. The summed E-state index contributed by atoms with van der Waals surface area (Å²) in [5, 5.41) is 11.0. The third kappa shape index (κ3) is 2.34. The lowest BCUT2D eigenvalue weighted by molar-refractivity contribution is -0.138. The number of nitrogens with zero attached hydrogens (tertiary/aromatic N) is 1. The van der Waals surface area contributed by atoms with E-state index in [-0.39, 0.29) is 12.6 Å². The molecule has 0 radical (unpaired) electrons. The maximum Gasteiger partial charge on any atom is 0.328 e.